The molecule has 6 nitrogen and oxygen atoms in total. The van der Waals surface area contributed by atoms with Gasteiger partial charge in [-0.3, -0.25) is 9.59 Å². The van der Waals surface area contributed by atoms with Gasteiger partial charge >= 0.3 is 0 Å². The molecule has 0 fully saturated rings. The number of rotatable bonds is 10. The van der Waals surface area contributed by atoms with Crippen molar-refractivity contribution < 1.29 is 14.3 Å². The van der Waals surface area contributed by atoms with Crippen molar-refractivity contribution in [3.8, 4) is 5.75 Å². The Morgan fingerprint density at radius 1 is 1.14 bits per heavy atom. The number of nitrogens with zero attached hydrogens (tertiary/aromatic N) is 1. The third-order valence-electron chi connectivity index (χ3n) is 4.48. The molecule has 0 aliphatic heterocycles. The van der Waals surface area contributed by atoms with Gasteiger partial charge in [-0.1, -0.05) is 24.3 Å². The van der Waals surface area contributed by atoms with Gasteiger partial charge in [0.2, 0.25) is 5.91 Å². The van der Waals surface area contributed by atoms with Gasteiger partial charge in [0.1, 0.15) is 11.8 Å². The Balaban J connectivity index is 2.05. The molecule has 1 unspecified atom stereocenters. The highest BCUT2D eigenvalue weighted by atomic mass is 32.2. The highest BCUT2D eigenvalue weighted by Crippen LogP contribution is 2.17. The van der Waals surface area contributed by atoms with Crippen LogP contribution in [0.2, 0.25) is 0 Å². The van der Waals surface area contributed by atoms with Crippen molar-refractivity contribution in [2.75, 3.05) is 38.1 Å². The number of benzene rings is 2. The minimum Gasteiger partial charge on any atom is -0.496 e. The number of hydrogen-bond acceptors (Lipinski definition) is 5. The van der Waals surface area contributed by atoms with E-state index in [-0.39, 0.29) is 11.8 Å². The molecule has 0 bridgehead atoms. The molecule has 0 radical (unpaired) electrons. The van der Waals surface area contributed by atoms with Crippen molar-refractivity contribution >= 4 is 29.3 Å². The standard InChI is InChI=1S/C22H29N3O3S/c1-25(2)17-9-7-8-16(14-17)15-23-22(27)19(12-13-29-4)24-21(26)18-10-5-6-11-20(18)28-3/h5-11,14,19H,12-13,15H2,1-4H3,(H,23,27)(H,24,26). The maximum Gasteiger partial charge on any atom is 0.255 e. The fraction of sp³-hybridized carbons (Fsp3) is 0.364. The van der Waals surface area contributed by atoms with Crippen LogP contribution in [0.25, 0.3) is 0 Å². The lowest BCUT2D eigenvalue weighted by atomic mass is 10.1. The average Bonchev–Trinajstić information content (AvgIpc) is 2.74. The second-order valence-electron chi connectivity index (χ2n) is 6.79. The molecular weight excluding hydrogens is 386 g/mol. The summed E-state index contributed by atoms with van der Waals surface area (Å²) in [7, 11) is 5.47. The Morgan fingerprint density at radius 3 is 2.59 bits per heavy atom. The van der Waals surface area contributed by atoms with Crippen molar-refractivity contribution in [3.05, 3.63) is 59.7 Å². The zero-order valence-electron chi connectivity index (χ0n) is 17.4. The minimum atomic E-state index is -0.614. The van der Waals surface area contributed by atoms with E-state index < -0.39 is 6.04 Å². The lowest BCUT2D eigenvalue weighted by Crippen LogP contribution is -2.47. The van der Waals surface area contributed by atoms with E-state index in [1.165, 1.54) is 7.11 Å². The van der Waals surface area contributed by atoms with E-state index in [1.54, 1.807) is 36.0 Å². The Kier molecular flexibility index (Phi) is 8.86. The van der Waals surface area contributed by atoms with E-state index in [9.17, 15) is 9.59 Å². The Morgan fingerprint density at radius 2 is 1.90 bits per heavy atom. The summed E-state index contributed by atoms with van der Waals surface area (Å²) in [5, 5.41) is 5.80. The maximum absolute atomic E-state index is 12.8. The van der Waals surface area contributed by atoms with Crippen LogP contribution in [0.15, 0.2) is 48.5 Å². The lowest BCUT2D eigenvalue weighted by molar-refractivity contribution is -0.123. The molecule has 2 aromatic carbocycles. The number of methoxy groups -OCH3 is 1. The largest absolute Gasteiger partial charge is 0.496 e. The van der Waals surface area contributed by atoms with E-state index in [1.807, 2.05) is 49.5 Å². The van der Waals surface area contributed by atoms with Crippen LogP contribution in [0.4, 0.5) is 5.69 Å². The second kappa shape index (κ2) is 11.4. The summed E-state index contributed by atoms with van der Waals surface area (Å²) in [6, 6.07) is 14.3. The molecule has 0 spiro atoms. The molecule has 156 valence electrons. The molecule has 2 rings (SSSR count). The van der Waals surface area contributed by atoms with Crippen LogP contribution in [0.5, 0.6) is 5.75 Å². The smallest absolute Gasteiger partial charge is 0.255 e. The van der Waals surface area contributed by atoms with Crippen LogP contribution in [-0.2, 0) is 11.3 Å². The first kappa shape index (κ1) is 22.6. The van der Waals surface area contributed by atoms with Gasteiger partial charge in [-0.15, -0.1) is 0 Å². The number of amides is 2. The zero-order chi connectivity index (χ0) is 21.2. The van der Waals surface area contributed by atoms with Crippen LogP contribution < -0.4 is 20.3 Å². The summed E-state index contributed by atoms with van der Waals surface area (Å²) in [5.41, 5.74) is 2.49. The van der Waals surface area contributed by atoms with E-state index in [4.69, 9.17) is 4.74 Å². The summed E-state index contributed by atoms with van der Waals surface area (Å²) < 4.78 is 5.26. The van der Waals surface area contributed by atoms with Crippen molar-refractivity contribution in [3.63, 3.8) is 0 Å². The maximum atomic E-state index is 12.8. The second-order valence-corrected chi connectivity index (χ2v) is 7.78. The van der Waals surface area contributed by atoms with Gasteiger partial charge in [0.25, 0.3) is 5.91 Å². The van der Waals surface area contributed by atoms with E-state index >= 15 is 0 Å². The molecule has 0 heterocycles. The number of hydrogen-bond donors (Lipinski definition) is 2. The average molecular weight is 416 g/mol. The number of nitrogens with one attached hydrogen (secondary N) is 2. The van der Waals surface area contributed by atoms with E-state index in [0.29, 0.717) is 24.3 Å². The van der Waals surface area contributed by atoms with E-state index in [2.05, 4.69) is 10.6 Å². The van der Waals surface area contributed by atoms with Crippen molar-refractivity contribution in [1.29, 1.82) is 0 Å². The lowest BCUT2D eigenvalue weighted by Gasteiger charge is -2.19. The third kappa shape index (κ3) is 6.71. The summed E-state index contributed by atoms with van der Waals surface area (Å²) in [6.07, 6.45) is 2.52. The molecule has 2 N–H and O–H groups in total. The van der Waals surface area contributed by atoms with Gasteiger partial charge in [-0.05, 0) is 48.3 Å². The Bertz CT molecular complexity index is 826. The summed E-state index contributed by atoms with van der Waals surface area (Å²) in [6.45, 7) is 0.404. The number of thioether (sulfide) groups is 1. The van der Waals surface area contributed by atoms with Crippen LogP contribution in [-0.4, -0.2) is 51.1 Å². The van der Waals surface area contributed by atoms with Gasteiger partial charge in [-0.25, -0.2) is 0 Å². The van der Waals surface area contributed by atoms with E-state index in [0.717, 1.165) is 17.0 Å². The summed E-state index contributed by atoms with van der Waals surface area (Å²) in [5.74, 6) is 0.728. The molecule has 7 heteroatoms. The highest BCUT2D eigenvalue weighted by molar-refractivity contribution is 7.98. The van der Waals surface area contributed by atoms with Crippen LogP contribution in [0.1, 0.15) is 22.3 Å². The van der Waals surface area contributed by atoms with Gasteiger partial charge in [0.15, 0.2) is 0 Å². The zero-order valence-corrected chi connectivity index (χ0v) is 18.2. The first-order chi connectivity index (χ1) is 14.0. The number of ether oxygens (including phenoxy) is 1. The Hall–Kier alpha value is -2.67. The molecule has 1 atom stereocenters. The quantitative estimate of drug-likeness (QED) is 0.624. The van der Waals surface area contributed by atoms with Crippen molar-refractivity contribution in [1.82, 2.24) is 10.6 Å². The molecule has 0 aromatic heterocycles. The van der Waals surface area contributed by atoms with Gasteiger partial charge in [0, 0.05) is 26.3 Å². The van der Waals surface area contributed by atoms with Gasteiger partial charge in [0.05, 0.1) is 12.7 Å². The first-order valence-electron chi connectivity index (χ1n) is 9.43. The number of para-hydroxylation sites is 1. The molecular formula is C22H29N3O3S. The molecule has 2 aromatic rings. The minimum absolute atomic E-state index is 0.197. The fourth-order valence-corrected chi connectivity index (χ4v) is 3.30. The molecule has 0 saturated heterocycles. The first-order valence-corrected chi connectivity index (χ1v) is 10.8. The van der Waals surface area contributed by atoms with Crippen LogP contribution in [0.3, 0.4) is 0 Å². The predicted octanol–water partition coefficient (Wildman–Crippen LogP) is 2.93. The Labute approximate surface area is 177 Å². The van der Waals surface area contributed by atoms with Crippen molar-refractivity contribution in [2.45, 2.75) is 19.0 Å². The fourth-order valence-electron chi connectivity index (χ4n) is 2.83. The predicted molar refractivity (Wildman–Crippen MR) is 120 cm³/mol. The molecule has 2 amide bonds. The summed E-state index contributed by atoms with van der Waals surface area (Å²) >= 11 is 1.64. The molecule has 0 saturated carbocycles. The monoisotopic (exact) mass is 415 g/mol. The van der Waals surface area contributed by atoms with Crippen LogP contribution >= 0.6 is 11.8 Å². The normalized spacial score (nSPS) is 11.4. The number of carbonyl (C=O) groups is 2. The topological polar surface area (TPSA) is 70.7 Å². The number of carbonyl (C=O) groups excluding carboxylic acids is 2. The number of anilines is 1. The molecule has 29 heavy (non-hydrogen) atoms. The third-order valence-corrected chi connectivity index (χ3v) is 5.12. The van der Waals surface area contributed by atoms with Gasteiger partial charge in [-0.2, -0.15) is 11.8 Å². The van der Waals surface area contributed by atoms with Gasteiger partial charge < -0.3 is 20.3 Å². The molecule has 0 aliphatic rings. The van der Waals surface area contributed by atoms with Crippen molar-refractivity contribution in [2.24, 2.45) is 0 Å². The molecule has 0 aliphatic carbocycles. The SMILES string of the molecule is COc1ccccc1C(=O)NC(CCSC)C(=O)NCc1cccc(N(C)C)c1. The summed E-state index contributed by atoms with van der Waals surface area (Å²) in [4.78, 5) is 27.5. The van der Waals surface area contributed by atoms with Crippen LogP contribution in [0, 0.1) is 0 Å². The highest BCUT2D eigenvalue weighted by Gasteiger charge is 2.22.